The zero-order valence-electron chi connectivity index (χ0n) is 11.5. The van der Waals surface area contributed by atoms with Crippen LogP contribution in [0.3, 0.4) is 0 Å². The Bertz CT molecular complexity index is 378. The van der Waals surface area contributed by atoms with Gasteiger partial charge in [-0.1, -0.05) is 0 Å². The van der Waals surface area contributed by atoms with E-state index in [1.165, 1.54) is 0 Å². The summed E-state index contributed by atoms with van der Waals surface area (Å²) in [5, 5.41) is 8.66. The van der Waals surface area contributed by atoms with Crippen LogP contribution in [-0.2, 0) is 4.79 Å². The molecule has 0 aliphatic rings. The average molecular weight is 267 g/mol. The maximum Gasteiger partial charge on any atom is 0.222 e. The number of methoxy groups -OCH3 is 1. The second-order valence-electron chi connectivity index (χ2n) is 4.17. The lowest BCUT2D eigenvalue weighted by Gasteiger charge is -2.17. The number of aliphatic hydroxyl groups excluding tert-OH is 1. The van der Waals surface area contributed by atoms with Crippen molar-refractivity contribution >= 4 is 5.91 Å². The molecule has 0 fully saturated rings. The Hall–Kier alpha value is -1.75. The second-order valence-corrected chi connectivity index (χ2v) is 4.17. The zero-order chi connectivity index (χ0) is 14.1. The minimum atomic E-state index is 0.0207. The Balaban J connectivity index is 2.26. The van der Waals surface area contributed by atoms with Crippen LogP contribution in [0.25, 0.3) is 0 Å². The lowest BCUT2D eigenvalue weighted by Crippen LogP contribution is -2.30. The number of likely N-dealkylation sites (N-methyl/N-ethyl adjacent to an activating group) is 1. The number of aliphatic hydroxyl groups is 1. The molecule has 106 valence electrons. The lowest BCUT2D eigenvalue weighted by atomic mass is 10.3. The van der Waals surface area contributed by atoms with Crippen LogP contribution in [0.4, 0.5) is 0 Å². The average Bonchev–Trinajstić information content (AvgIpc) is 2.45. The fraction of sp³-hybridized carbons (Fsp3) is 0.500. The molecule has 0 aromatic heterocycles. The van der Waals surface area contributed by atoms with Gasteiger partial charge in [0.15, 0.2) is 0 Å². The van der Waals surface area contributed by atoms with Crippen LogP contribution in [0.1, 0.15) is 12.8 Å². The second kappa shape index (κ2) is 8.37. The van der Waals surface area contributed by atoms with Crippen molar-refractivity contribution in [3.05, 3.63) is 24.3 Å². The van der Waals surface area contributed by atoms with E-state index in [2.05, 4.69) is 0 Å². The van der Waals surface area contributed by atoms with E-state index >= 15 is 0 Å². The highest BCUT2D eigenvalue weighted by atomic mass is 16.5. The molecular weight excluding hydrogens is 246 g/mol. The summed E-state index contributed by atoms with van der Waals surface area (Å²) in [7, 11) is 3.35. The smallest absolute Gasteiger partial charge is 0.222 e. The molecule has 1 aromatic rings. The summed E-state index contributed by atoms with van der Waals surface area (Å²) in [5.41, 5.74) is 0. The number of hydrogen-bond donors (Lipinski definition) is 1. The minimum absolute atomic E-state index is 0.0207. The van der Waals surface area contributed by atoms with Crippen molar-refractivity contribution in [2.75, 3.05) is 33.9 Å². The van der Waals surface area contributed by atoms with Crippen LogP contribution < -0.4 is 9.47 Å². The molecule has 0 saturated carbocycles. The van der Waals surface area contributed by atoms with Gasteiger partial charge in [0.2, 0.25) is 5.91 Å². The third-order valence-electron chi connectivity index (χ3n) is 2.73. The molecule has 0 heterocycles. The van der Waals surface area contributed by atoms with Gasteiger partial charge in [-0.25, -0.2) is 0 Å². The number of ether oxygens (including phenoxy) is 2. The van der Waals surface area contributed by atoms with Gasteiger partial charge in [0.1, 0.15) is 18.1 Å². The first kappa shape index (κ1) is 15.3. The molecule has 5 heteroatoms. The van der Waals surface area contributed by atoms with Crippen LogP contribution >= 0.6 is 0 Å². The SMILES string of the molecule is COc1ccc(OCCN(C)C(=O)CCCO)cc1. The molecule has 0 radical (unpaired) electrons. The highest BCUT2D eigenvalue weighted by molar-refractivity contribution is 5.75. The van der Waals surface area contributed by atoms with Crippen molar-refractivity contribution in [1.82, 2.24) is 4.90 Å². The van der Waals surface area contributed by atoms with Gasteiger partial charge in [0, 0.05) is 20.1 Å². The van der Waals surface area contributed by atoms with E-state index < -0.39 is 0 Å². The first-order valence-corrected chi connectivity index (χ1v) is 6.29. The third kappa shape index (κ3) is 5.61. The summed E-state index contributed by atoms with van der Waals surface area (Å²) < 4.78 is 10.6. The number of carbonyl (C=O) groups excluding carboxylic acids is 1. The fourth-order valence-electron chi connectivity index (χ4n) is 1.52. The molecule has 1 rings (SSSR count). The zero-order valence-corrected chi connectivity index (χ0v) is 11.5. The van der Waals surface area contributed by atoms with E-state index in [4.69, 9.17) is 14.6 Å². The molecule has 19 heavy (non-hydrogen) atoms. The Morgan fingerprint density at radius 2 is 1.89 bits per heavy atom. The molecule has 0 aliphatic carbocycles. The Morgan fingerprint density at radius 1 is 1.26 bits per heavy atom. The van der Waals surface area contributed by atoms with Crippen LogP contribution in [0.15, 0.2) is 24.3 Å². The number of hydrogen-bond acceptors (Lipinski definition) is 4. The van der Waals surface area contributed by atoms with Crippen LogP contribution in [0.5, 0.6) is 11.5 Å². The number of carbonyl (C=O) groups is 1. The molecule has 1 aromatic carbocycles. The third-order valence-corrected chi connectivity index (χ3v) is 2.73. The van der Waals surface area contributed by atoms with Crippen molar-refractivity contribution in [1.29, 1.82) is 0 Å². The van der Waals surface area contributed by atoms with Gasteiger partial charge >= 0.3 is 0 Å². The van der Waals surface area contributed by atoms with Crippen molar-refractivity contribution < 1.29 is 19.4 Å². The van der Waals surface area contributed by atoms with Crippen molar-refractivity contribution in [2.24, 2.45) is 0 Å². The standard InChI is InChI=1S/C14H21NO4/c1-15(14(17)4-3-10-16)9-11-19-13-7-5-12(18-2)6-8-13/h5-8,16H,3-4,9-11H2,1-2H3. The molecule has 0 spiro atoms. The molecule has 5 nitrogen and oxygen atoms in total. The Kier molecular flexibility index (Phi) is 6.74. The normalized spacial score (nSPS) is 10.1. The first-order chi connectivity index (χ1) is 9.17. The number of rotatable bonds is 8. The van der Waals surface area contributed by atoms with E-state index in [-0.39, 0.29) is 12.5 Å². The predicted molar refractivity (Wildman–Crippen MR) is 72.4 cm³/mol. The monoisotopic (exact) mass is 267 g/mol. The molecule has 0 atom stereocenters. The number of amides is 1. The topological polar surface area (TPSA) is 59.0 Å². The molecular formula is C14H21NO4. The summed E-state index contributed by atoms with van der Waals surface area (Å²) in [5.74, 6) is 1.55. The number of benzene rings is 1. The van der Waals surface area contributed by atoms with Gasteiger partial charge in [0.25, 0.3) is 0 Å². The summed E-state index contributed by atoms with van der Waals surface area (Å²) in [4.78, 5) is 13.2. The highest BCUT2D eigenvalue weighted by Gasteiger charge is 2.07. The van der Waals surface area contributed by atoms with E-state index in [0.717, 1.165) is 11.5 Å². The summed E-state index contributed by atoms with van der Waals surface area (Å²) in [6, 6.07) is 7.30. The van der Waals surface area contributed by atoms with Gasteiger partial charge in [-0.2, -0.15) is 0 Å². The molecule has 1 N–H and O–H groups in total. The maximum atomic E-state index is 11.6. The highest BCUT2D eigenvalue weighted by Crippen LogP contribution is 2.16. The van der Waals surface area contributed by atoms with Gasteiger partial charge in [-0.05, 0) is 30.7 Å². The lowest BCUT2D eigenvalue weighted by molar-refractivity contribution is -0.130. The largest absolute Gasteiger partial charge is 0.497 e. The van der Waals surface area contributed by atoms with Crippen LogP contribution in [0.2, 0.25) is 0 Å². The van der Waals surface area contributed by atoms with Gasteiger partial charge in [-0.3, -0.25) is 4.79 Å². The summed E-state index contributed by atoms with van der Waals surface area (Å²) in [6.07, 6.45) is 0.873. The summed E-state index contributed by atoms with van der Waals surface area (Å²) >= 11 is 0. The Morgan fingerprint density at radius 3 is 2.47 bits per heavy atom. The van der Waals surface area contributed by atoms with E-state index in [1.807, 2.05) is 24.3 Å². The van der Waals surface area contributed by atoms with Crippen LogP contribution in [-0.4, -0.2) is 49.8 Å². The predicted octanol–water partition coefficient (Wildman–Crippen LogP) is 1.30. The molecule has 0 aliphatic heterocycles. The quantitative estimate of drug-likeness (QED) is 0.771. The molecule has 0 bridgehead atoms. The number of nitrogens with zero attached hydrogens (tertiary/aromatic N) is 1. The van der Waals surface area contributed by atoms with Crippen molar-refractivity contribution in [3.8, 4) is 11.5 Å². The minimum Gasteiger partial charge on any atom is -0.497 e. The van der Waals surface area contributed by atoms with E-state index in [9.17, 15) is 4.79 Å². The van der Waals surface area contributed by atoms with E-state index in [1.54, 1.807) is 19.1 Å². The first-order valence-electron chi connectivity index (χ1n) is 6.29. The molecule has 0 saturated heterocycles. The van der Waals surface area contributed by atoms with E-state index in [0.29, 0.717) is 26.0 Å². The summed E-state index contributed by atoms with van der Waals surface area (Å²) in [6.45, 7) is 1.01. The Labute approximate surface area is 113 Å². The van der Waals surface area contributed by atoms with Crippen molar-refractivity contribution in [2.45, 2.75) is 12.8 Å². The van der Waals surface area contributed by atoms with Crippen LogP contribution in [0, 0.1) is 0 Å². The van der Waals surface area contributed by atoms with Crippen molar-refractivity contribution in [3.63, 3.8) is 0 Å². The van der Waals surface area contributed by atoms with Gasteiger partial charge < -0.3 is 19.5 Å². The fourth-order valence-corrected chi connectivity index (χ4v) is 1.52. The molecule has 0 unspecified atom stereocenters. The van der Waals surface area contributed by atoms with Gasteiger partial charge in [0.05, 0.1) is 13.7 Å². The molecule has 1 amide bonds. The van der Waals surface area contributed by atoms with Gasteiger partial charge in [-0.15, -0.1) is 0 Å². The maximum absolute atomic E-state index is 11.6.